The number of halogens is 2. The Morgan fingerprint density at radius 3 is 2.70 bits per heavy atom. The molecule has 0 spiro atoms. The van der Waals surface area contributed by atoms with Crippen molar-refractivity contribution in [3.63, 3.8) is 0 Å². The molecule has 3 unspecified atom stereocenters. The summed E-state index contributed by atoms with van der Waals surface area (Å²) in [6.45, 7) is 4.74. The zero-order valence-corrected chi connectivity index (χ0v) is 17.9. The van der Waals surface area contributed by atoms with E-state index >= 15 is 0 Å². The van der Waals surface area contributed by atoms with Gasteiger partial charge in [-0.2, -0.15) is 0 Å². The van der Waals surface area contributed by atoms with Crippen LogP contribution in [-0.4, -0.2) is 15.5 Å². The molecule has 2 aromatic rings. The molecule has 0 aliphatic heterocycles. The average molecular weight is 409 g/mol. The first-order chi connectivity index (χ1) is 14.3. The summed E-state index contributed by atoms with van der Waals surface area (Å²) in [4.78, 5) is 4.64. The fourth-order valence-corrected chi connectivity index (χ4v) is 7.73. The van der Waals surface area contributed by atoms with Gasteiger partial charge in [-0.05, 0) is 79.9 Å². The second kappa shape index (κ2) is 6.05. The van der Waals surface area contributed by atoms with Crippen molar-refractivity contribution in [2.45, 2.75) is 64.7 Å². The van der Waals surface area contributed by atoms with E-state index in [2.05, 4.69) is 47.7 Å². The van der Waals surface area contributed by atoms with Crippen molar-refractivity contribution in [2.24, 2.45) is 28.6 Å². The van der Waals surface area contributed by atoms with Crippen LogP contribution >= 0.6 is 0 Å². The van der Waals surface area contributed by atoms with Crippen molar-refractivity contribution >= 4 is 16.7 Å². The highest BCUT2D eigenvalue weighted by Gasteiger charge is 2.58. The molecule has 158 valence electrons. The summed E-state index contributed by atoms with van der Waals surface area (Å²) in [6, 6.07) is 8.36. The standard InChI is InChI=1S/C26H30F2N2/c1-24-13-14-26(27,28)15-17(24)7-8-18-19-9-10-23(25(19,2)12-11-20(18)24)30-16-29-21-5-3-4-6-22(21)30/h3-6,10,15-16,18-20H,7-9,11-14H2,1-2H3/t18?,19?,20?,24-,25-/m0/s1. The molecule has 1 heterocycles. The van der Waals surface area contributed by atoms with Crippen LogP contribution in [0.4, 0.5) is 8.78 Å². The van der Waals surface area contributed by atoms with Crippen LogP contribution in [0.2, 0.25) is 0 Å². The van der Waals surface area contributed by atoms with Gasteiger partial charge in [0, 0.05) is 17.5 Å². The van der Waals surface area contributed by atoms with E-state index in [1.807, 2.05) is 12.4 Å². The van der Waals surface area contributed by atoms with Crippen LogP contribution in [0, 0.1) is 28.6 Å². The monoisotopic (exact) mass is 408 g/mol. The SMILES string of the molecule is C[C@]12CCC(F)(F)C=C1CCC1C2CC[C@]2(C)C(n3cnc4ccccc43)=CCC12. The third kappa shape index (κ3) is 2.42. The Morgan fingerprint density at radius 1 is 1.00 bits per heavy atom. The summed E-state index contributed by atoms with van der Waals surface area (Å²) in [7, 11) is 0. The van der Waals surface area contributed by atoms with Crippen molar-refractivity contribution in [3.8, 4) is 0 Å². The first-order valence-electron chi connectivity index (χ1n) is 11.5. The summed E-state index contributed by atoms with van der Waals surface area (Å²) in [5.41, 5.74) is 4.79. The second-order valence-electron chi connectivity index (χ2n) is 10.6. The van der Waals surface area contributed by atoms with Gasteiger partial charge in [-0.1, -0.05) is 37.6 Å². The molecule has 1 aromatic heterocycles. The maximum Gasteiger partial charge on any atom is 0.266 e. The molecule has 6 rings (SSSR count). The topological polar surface area (TPSA) is 17.8 Å². The van der Waals surface area contributed by atoms with Gasteiger partial charge in [0.25, 0.3) is 5.92 Å². The van der Waals surface area contributed by atoms with E-state index in [0.717, 1.165) is 43.2 Å². The first kappa shape index (κ1) is 18.8. The van der Waals surface area contributed by atoms with Crippen LogP contribution < -0.4 is 0 Å². The maximum atomic E-state index is 14.1. The number of nitrogens with zero attached hydrogens (tertiary/aromatic N) is 2. The van der Waals surface area contributed by atoms with Crippen LogP contribution in [0.1, 0.15) is 58.8 Å². The predicted octanol–water partition coefficient (Wildman–Crippen LogP) is 7.09. The van der Waals surface area contributed by atoms with Crippen LogP contribution in [0.3, 0.4) is 0 Å². The number of hydrogen-bond acceptors (Lipinski definition) is 1. The van der Waals surface area contributed by atoms with Crippen molar-refractivity contribution < 1.29 is 8.78 Å². The minimum atomic E-state index is -2.60. The Labute approximate surface area is 177 Å². The molecule has 1 aromatic carbocycles. The smallest absolute Gasteiger partial charge is 0.266 e. The third-order valence-electron chi connectivity index (χ3n) is 9.35. The van der Waals surface area contributed by atoms with Crippen molar-refractivity contribution in [2.75, 3.05) is 0 Å². The van der Waals surface area contributed by atoms with Gasteiger partial charge in [-0.25, -0.2) is 13.8 Å². The molecule has 0 amide bonds. The van der Waals surface area contributed by atoms with E-state index < -0.39 is 5.92 Å². The molecule has 2 nitrogen and oxygen atoms in total. The molecule has 30 heavy (non-hydrogen) atoms. The van der Waals surface area contributed by atoms with Gasteiger partial charge in [-0.3, -0.25) is 0 Å². The zero-order chi connectivity index (χ0) is 20.7. The number of para-hydroxylation sites is 2. The normalized spacial score (nSPS) is 39.7. The summed E-state index contributed by atoms with van der Waals surface area (Å²) >= 11 is 0. The highest BCUT2D eigenvalue weighted by molar-refractivity contribution is 5.80. The second-order valence-corrected chi connectivity index (χ2v) is 10.6. The number of alkyl halides is 2. The molecule has 4 aliphatic carbocycles. The van der Waals surface area contributed by atoms with Gasteiger partial charge in [0.1, 0.15) is 6.33 Å². The van der Waals surface area contributed by atoms with E-state index in [4.69, 9.17) is 0 Å². The van der Waals surface area contributed by atoms with Gasteiger partial charge >= 0.3 is 0 Å². The van der Waals surface area contributed by atoms with Crippen LogP contribution in [0.15, 0.2) is 48.3 Å². The van der Waals surface area contributed by atoms with E-state index in [-0.39, 0.29) is 17.3 Å². The molecule has 0 bridgehead atoms. The Hall–Kier alpha value is -1.97. The number of fused-ring (bicyclic) bond motifs is 6. The van der Waals surface area contributed by atoms with Crippen LogP contribution in [-0.2, 0) is 0 Å². The first-order valence-corrected chi connectivity index (χ1v) is 11.5. The number of aromatic nitrogens is 2. The zero-order valence-electron chi connectivity index (χ0n) is 17.9. The van der Waals surface area contributed by atoms with Crippen molar-refractivity contribution in [3.05, 3.63) is 48.3 Å². The van der Waals surface area contributed by atoms with E-state index in [1.165, 1.54) is 17.3 Å². The number of rotatable bonds is 1. The fraction of sp³-hybridized carbons (Fsp3) is 0.577. The number of allylic oxidation sites excluding steroid dienone is 4. The minimum absolute atomic E-state index is 0.0165. The van der Waals surface area contributed by atoms with Gasteiger partial charge < -0.3 is 4.57 Å². The highest BCUT2D eigenvalue weighted by atomic mass is 19.3. The number of benzene rings is 1. The molecule has 0 radical (unpaired) electrons. The molecule has 2 saturated carbocycles. The predicted molar refractivity (Wildman–Crippen MR) is 116 cm³/mol. The van der Waals surface area contributed by atoms with Crippen molar-refractivity contribution in [1.82, 2.24) is 9.55 Å². The lowest BCUT2D eigenvalue weighted by molar-refractivity contribution is -0.0506. The largest absolute Gasteiger partial charge is 0.302 e. The van der Waals surface area contributed by atoms with E-state index in [1.54, 1.807) is 0 Å². The van der Waals surface area contributed by atoms with Crippen LogP contribution in [0.5, 0.6) is 0 Å². The Morgan fingerprint density at radius 2 is 1.83 bits per heavy atom. The number of hydrogen-bond donors (Lipinski definition) is 0. The summed E-state index contributed by atoms with van der Waals surface area (Å²) in [5.74, 6) is -0.830. The molecule has 0 saturated heterocycles. The van der Waals surface area contributed by atoms with Gasteiger partial charge in [0.15, 0.2) is 0 Å². The lowest BCUT2D eigenvalue weighted by atomic mass is 9.47. The summed E-state index contributed by atoms with van der Waals surface area (Å²) < 4.78 is 30.5. The molecule has 0 N–H and O–H groups in total. The molecular formula is C26H30F2N2. The molecule has 2 fully saturated rings. The van der Waals surface area contributed by atoms with E-state index in [9.17, 15) is 8.78 Å². The van der Waals surface area contributed by atoms with Crippen LogP contribution in [0.25, 0.3) is 16.7 Å². The van der Waals surface area contributed by atoms with Gasteiger partial charge in [0.2, 0.25) is 0 Å². The summed E-state index contributed by atoms with van der Waals surface area (Å²) in [5, 5.41) is 0. The minimum Gasteiger partial charge on any atom is -0.302 e. The van der Waals surface area contributed by atoms with E-state index in [0.29, 0.717) is 24.2 Å². The van der Waals surface area contributed by atoms with Crippen molar-refractivity contribution in [1.29, 1.82) is 0 Å². The summed E-state index contributed by atoms with van der Waals surface area (Å²) in [6.07, 6.45) is 11.7. The maximum absolute atomic E-state index is 14.1. The average Bonchev–Trinajstić information content (AvgIpc) is 3.29. The Kier molecular flexibility index (Phi) is 3.78. The Bertz CT molecular complexity index is 1080. The highest BCUT2D eigenvalue weighted by Crippen LogP contribution is 2.66. The Balaban J connectivity index is 1.35. The lowest BCUT2D eigenvalue weighted by Gasteiger charge is -2.58. The van der Waals surface area contributed by atoms with Gasteiger partial charge in [0.05, 0.1) is 11.0 Å². The molecule has 5 atom stereocenters. The molecule has 4 aliphatic rings. The third-order valence-corrected chi connectivity index (χ3v) is 9.35. The molecule has 4 heteroatoms. The fourth-order valence-electron chi connectivity index (χ4n) is 7.73. The number of imidazole rings is 1. The quantitative estimate of drug-likeness (QED) is 0.461. The molecular weight excluding hydrogens is 378 g/mol. The van der Waals surface area contributed by atoms with Gasteiger partial charge in [-0.15, -0.1) is 0 Å². The lowest BCUT2D eigenvalue weighted by Crippen LogP contribution is -2.50.